The fourth-order valence-electron chi connectivity index (χ4n) is 2.77. The first-order valence-electron chi connectivity index (χ1n) is 8.18. The molecule has 0 radical (unpaired) electrons. The molecule has 1 aromatic rings. The summed E-state index contributed by atoms with van der Waals surface area (Å²) in [6.45, 7) is 5.71. The second-order valence-corrected chi connectivity index (χ2v) is 6.27. The van der Waals surface area contributed by atoms with Gasteiger partial charge in [0.1, 0.15) is 5.84 Å². The minimum absolute atomic E-state index is 0.150. The van der Waals surface area contributed by atoms with E-state index in [1.807, 2.05) is 63.3 Å². The van der Waals surface area contributed by atoms with Crippen LogP contribution in [0.4, 0.5) is 15.3 Å². The largest absolute Gasteiger partial charge is 0.349 e. The molecule has 6 heteroatoms. The van der Waals surface area contributed by atoms with Crippen LogP contribution < -0.4 is 5.32 Å². The highest BCUT2D eigenvalue weighted by Gasteiger charge is 2.35. The molecule has 25 heavy (non-hydrogen) atoms. The second kappa shape index (κ2) is 6.84. The van der Waals surface area contributed by atoms with E-state index < -0.39 is 12.1 Å². The summed E-state index contributed by atoms with van der Waals surface area (Å²) in [7, 11) is 0. The fourth-order valence-corrected chi connectivity index (χ4v) is 2.77. The number of anilines is 1. The number of aryl methyl sites for hydroxylation is 1. The molecule has 1 unspecified atom stereocenters. The average molecular weight is 336 g/mol. The Kier molecular flexibility index (Phi) is 4.61. The molecule has 2 aliphatic rings. The summed E-state index contributed by atoms with van der Waals surface area (Å²) in [5, 5.41) is 2.74. The van der Waals surface area contributed by atoms with Gasteiger partial charge in [0.25, 0.3) is 0 Å². The third kappa shape index (κ3) is 3.57. The summed E-state index contributed by atoms with van der Waals surface area (Å²) in [5.74, 6) is 0.101. The SMILES string of the molecule is Cc1ccc(NC(=O)/N=C2\C3C=CC=CC3=NC(=O)N2C(C)C)cc1. The molecule has 4 amide bonds. The molecule has 0 aromatic heterocycles. The Morgan fingerprint density at radius 1 is 1.24 bits per heavy atom. The monoisotopic (exact) mass is 336 g/mol. The highest BCUT2D eigenvalue weighted by atomic mass is 16.2. The number of nitrogens with zero attached hydrogens (tertiary/aromatic N) is 3. The maximum Gasteiger partial charge on any atom is 0.349 e. The quantitative estimate of drug-likeness (QED) is 0.888. The smallest absolute Gasteiger partial charge is 0.306 e. The summed E-state index contributed by atoms with van der Waals surface area (Å²) in [5.41, 5.74) is 2.37. The number of carbonyl (C=O) groups excluding carboxylic acids is 2. The van der Waals surface area contributed by atoms with Gasteiger partial charge in [-0.2, -0.15) is 9.98 Å². The zero-order valence-corrected chi connectivity index (χ0v) is 14.4. The van der Waals surface area contributed by atoms with Gasteiger partial charge in [-0.3, -0.25) is 4.90 Å². The molecule has 1 aromatic carbocycles. The lowest BCUT2D eigenvalue weighted by molar-refractivity contribution is 0.220. The van der Waals surface area contributed by atoms with Crippen LogP contribution in [0.5, 0.6) is 0 Å². The molecule has 0 saturated heterocycles. The van der Waals surface area contributed by atoms with Crippen LogP contribution in [0, 0.1) is 12.8 Å². The normalized spacial score (nSPS) is 20.7. The molecule has 0 bridgehead atoms. The topological polar surface area (TPSA) is 74.1 Å². The van der Waals surface area contributed by atoms with Crippen molar-refractivity contribution < 1.29 is 9.59 Å². The highest BCUT2D eigenvalue weighted by molar-refractivity contribution is 6.24. The van der Waals surface area contributed by atoms with Crippen LogP contribution in [0.3, 0.4) is 0 Å². The van der Waals surface area contributed by atoms with Crippen molar-refractivity contribution in [1.29, 1.82) is 0 Å². The Morgan fingerprint density at radius 3 is 2.64 bits per heavy atom. The molecule has 0 saturated carbocycles. The maximum absolute atomic E-state index is 12.4. The Morgan fingerprint density at radius 2 is 1.96 bits per heavy atom. The molecule has 0 fully saturated rings. The van der Waals surface area contributed by atoms with E-state index in [4.69, 9.17) is 0 Å². The highest BCUT2D eigenvalue weighted by Crippen LogP contribution is 2.23. The summed E-state index contributed by atoms with van der Waals surface area (Å²) in [6, 6.07) is 6.39. The van der Waals surface area contributed by atoms with Crippen molar-refractivity contribution in [2.75, 3.05) is 5.32 Å². The fraction of sp³-hybridized carbons (Fsp3) is 0.263. The van der Waals surface area contributed by atoms with Crippen molar-refractivity contribution in [1.82, 2.24) is 4.90 Å². The zero-order chi connectivity index (χ0) is 18.0. The van der Waals surface area contributed by atoms with Crippen LogP contribution in [0.15, 0.2) is 58.6 Å². The van der Waals surface area contributed by atoms with Crippen LogP contribution in [-0.2, 0) is 0 Å². The number of allylic oxidation sites excluding steroid dienone is 3. The van der Waals surface area contributed by atoms with E-state index >= 15 is 0 Å². The molecule has 1 aliphatic carbocycles. The molecule has 3 rings (SSSR count). The number of fused-ring (bicyclic) bond motifs is 1. The summed E-state index contributed by atoms with van der Waals surface area (Å²) < 4.78 is 0. The Labute approximate surface area is 146 Å². The van der Waals surface area contributed by atoms with Crippen LogP contribution >= 0.6 is 0 Å². The van der Waals surface area contributed by atoms with Crippen LogP contribution in [0.1, 0.15) is 19.4 Å². The van der Waals surface area contributed by atoms with Crippen molar-refractivity contribution in [2.24, 2.45) is 15.9 Å². The summed E-state index contributed by atoms with van der Waals surface area (Å²) in [4.78, 5) is 34.5. The van der Waals surface area contributed by atoms with Gasteiger partial charge in [-0.05, 0) is 39.0 Å². The van der Waals surface area contributed by atoms with Gasteiger partial charge in [0.15, 0.2) is 0 Å². The van der Waals surface area contributed by atoms with Crippen molar-refractivity contribution >= 4 is 29.3 Å². The lowest BCUT2D eigenvalue weighted by Crippen LogP contribution is -2.49. The molecule has 1 aliphatic heterocycles. The van der Waals surface area contributed by atoms with Crippen molar-refractivity contribution in [3.8, 4) is 0 Å². The number of urea groups is 2. The van der Waals surface area contributed by atoms with Gasteiger partial charge in [-0.15, -0.1) is 0 Å². The molecule has 128 valence electrons. The molecule has 1 heterocycles. The van der Waals surface area contributed by atoms with Crippen LogP contribution in [-0.4, -0.2) is 34.6 Å². The van der Waals surface area contributed by atoms with Gasteiger partial charge in [0.2, 0.25) is 0 Å². The second-order valence-electron chi connectivity index (χ2n) is 6.27. The van der Waals surface area contributed by atoms with E-state index in [9.17, 15) is 9.59 Å². The van der Waals surface area contributed by atoms with Gasteiger partial charge < -0.3 is 5.32 Å². The van der Waals surface area contributed by atoms with Crippen LogP contribution in [0.2, 0.25) is 0 Å². The number of aliphatic imine (C=N–C) groups is 2. The van der Waals surface area contributed by atoms with Gasteiger partial charge in [-0.1, -0.05) is 35.9 Å². The Hall–Kier alpha value is -3.02. The minimum Gasteiger partial charge on any atom is -0.306 e. The van der Waals surface area contributed by atoms with E-state index in [1.165, 1.54) is 4.90 Å². The predicted molar refractivity (Wildman–Crippen MR) is 99.2 cm³/mol. The summed E-state index contributed by atoms with van der Waals surface area (Å²) in [6.07, 6.45) is 7.34. The maximum atomic E-state index is 12.4. The molecular weight excluding hydrogens is 316 g/mol. The number of nitrogens with one attached hydrogen (secondary N) is 1. The van der Waals surface area contributed by atoms with E-state index in [-0.39, 0.29) is 12.0 Å². The molecule has 6 nitrogen and oxygen atoms in total. The van der Waals surface area contributed by atoms with Gasteiger partial charge in [0, 0.05) is 11.7 Å². The third-order valence-corrected chi connectivity index (χ3v) is 3.99. The molecule has 1 N–H and O–H groups in total. The number of amides is 4. The first-order valence-corrected chi connectivity index (χ1v) is 8.18. The van der Waals surface area contributed by atoms with Gasteiger partial charge in [-0.25, -0.2) is 9.59 Å². The number of amidine groups is 1. The Balaban J connectivity index is 1.91. The van der Waals surface area contributed by atoms with E-state index in [0.29, 0.717) is 17.2 Å². The molecule has 0 spiro atoms. The lowest BCUT2D eigenvalue weighted by Gasteiger charge is -2.34. The first kappa shape index (κ1) is 16.8. The molecular formula is C19H20N4O2. The average Bonchev–Trinajstić information content (AvgIpc) is 2.56. The number of hydrogen-bond donors (Lipinski definition) is 1. The standard InChI is InChI=1S/C19H20N4O2/c1-12(2)23-17(15-6-4-5-7-16(15)21-19(23)25)22-18(24)20-14-10-8-13(3)9-11-14/h4-12,15H,1-3H3,(H,20,24)/b22-17+. The summed E-state index contributed by atoms with van der Waals surface area (Å²) >= 11 is 0. The molecule has 1 atom stereocenters. The van der Waals surface area contributed by atoms with Crippen LogP contribution in [0.25, 0.3) is 0 Å². The van der Waals surface area contributed by atoms with Crippen molar-refractivity contribution in [2.45, 2.75) is 26.8 Å². The van der Waals surface area contributed by atoms with E-state index in [0.717, 1.165) is 5.56 Å². The van der Waals surface area contributed by atoms with Crippen molar-refractivity contribution in [3.63, 3.8) is 0 Å². The third-order valence-electron chi connectivity index (χ3n) is 3.99. The Bertz CT molecular complexity index is 816. The predicted octanol–water partition coefficient (Wildman–Crippen LogP) is 3.95. The van der Waals surface area contributed by atoms with E-state index in [1.54, 1.807) is 6.08 Å². The van der Waals surface area contributed by atoms with Gasteiger partial charge in [0.05, 0.1) is 11.6 Å². The lowest BCUT2D eigenvalue weighted by atomic mass is 9.94. The number of carbonyl (C=O) groups is 2. The van der Waals surface area contributed by atoms with Gasteiger partial charge >= 0.3 is 12.1 Å². The van der Waals surface area contributed by atoms with E-state index in [2.05, 4.69) is 15.3 Å². The first-order chi connectivity index (χ1) is 12.0. The number of hydrogen-bond acceptors (Lipinski definition) is 2. The minimum atomic E-state index is -0.512. The number of benzene rings is 1. The zero-order valence-electron chi connectivity index (χ0n) is 14.4. The number of rotatable bonds is 2. The van der Waals surface area contributed by atoms with Crippen molar-refractivity contribution in [3.05, 3.63) is 54.1 Å².